The van der Waals surface area contributed by atoms with Gasteiger partial charge in [0.05, 0.1) is 9.30 Å². The molecule has 4 nitrogen and oxygen atoms in total. The Hall–Kier alpha value is -0.0900. The SMILES string of the molecule is [2H]C([2H])(Cl)C([2H])([2H])N(C([2H])([2H])C([2H])([2H])Cl)P1(=O)OC([2H])([2H])C([2H])([2H])C([2H])([2H])N1C(C)c1ccccc1. The van der Waals surface area contributed by atoms with Gasteiger partial charge in [0.15, 0.2) is 0 Å². The summed E-state index contributed by atoms with van der Waals surface area (Å²) in [4.78, 5) is 0. The van der Waals surface area contributed by atoms with Crippen molar-refractivity contribution in [1.29, 1.82) is 0 Å². The van der Waals surface area contributed by atoms with Crippen molar-refractivity contribution in [3.8, 4) is 0 Å². The number of alkyl halides is 2. The second-order valence-corrected chi connectivity index (χ2v) is 6.45. The molecule has 124 valence electrons. The average molecular weight is 379 g/mol. The van der Waals surface area contributed by atoms with E-state index in [1.807, 2.05) is 0 Å². The molecule has 1 saturated heterocycles. The lowest BCUT2D eigenvalue weighted by Gasteiger charge is -2.43. The zero-order valence-corrected chi connectivity index (χ0v) is 13.8. The molecule has 0 saturated carbocycles. The fourth-order valence-corrected chi connectivity index (χ4v) is 3.74. The number of hydrogen-bond donors (Lipinski definition) is 0. The Morgan fingerprint density at radius 2 is 2.05 bits per heavy atom. The van der Waals surface area contributed by atoms with E-state index in [0.717, 1.165) is 6.92 Å². The first-order chi connectivity index (χ1) is 15.7. The smallest absolute Gasteiger partial charge is 0.306 e. The van der Waals surface area contributed by atoms with Crippen LogP contribution in [-0.2, 0) is 9.09 Å². The Morgan fingerprint density at radius 1 is 1.41 bits per heavy atom. The molecule has 22 heavy (non-hydrogen) atoms. The molecule has 0 radical (unpaired) electrons. The molecule has 1 fully saturated rings. The third kappa shape index (κ3) is 4.05. The summed E-state index contributed by atoms with van der Waals surface area (Å²) in [5.41, 5.74) is 0.118. The standard InChI is InChI=1S/C15H23Cl2N2O2P/c1-14(15-6-3-2-4-7-15)19-10-5-13-21-22(19,20)18(11-8-16)12-9-17/h2-4,6-7,14H,5,8-13H2,1H3/i5D2,8D2,9D2,10D2,11D2,12D2,13D2. The van der Waals surface area contributed by atoms with Crippen molar-refractivity contribution in [2.24, 2.45) is 0 Å². The van der Waals surface area contributed by atoms with Crippen LogP contribution in [0.2, 0.25) is 0 Å². The lowest BCUT2D eigenvalue weighted by atomic mass is 10.1. The maximum atomic E-state index is 14.6. The van der Waals surface area contributed by atoms with Crippen LogP contribution in [-0.4, -0.2) is 47.1 Å². The molecule has 0 aliphatic carbocycles. The van der Waals surface area contributed by atoms with E-state index >= 15 is 0 Å². The highest BCUT2D eigenvalue weighted by molar-refractivity contribution is 7.54. The summed E-state index contributed by atoms with van der Waals surface area (Å²) >= 11 is 11.1. The van der Waals surface area contributed by atoms with Gasteiger partial charge in [-0.25, -0.2) is 9.34 Å². The zero-order chi connectivity index (χ0) is 28.6. The molecule has 0 spiro atoms. The second-order valence-electron chi connectivity index (χ2n) is 4.08. The number of benzene rings is 1. The van der Waals surface area contributed by atoms with E-state index in [4.69, 9.17) is 46.9 Å². The van der Waals surface area contributed by atoms with Gasteiger partial charge in [-0.2, -0.15) is 0 Å². The van der Waals surface area contributed by atoms with Crippen molar-refractivity contribution in [1.82, 2.24) is 9.34 Å². The lowest BCUT2D eigenvalue weighted by Crippen LogP contribution is -2.40. The summed E-state index contributed by atoms with van der Waals surface area (Å²) in [6, 6.07) is 5.68. The van der Waals surface area contributed by atoms with E-state index in [-0.39, 0.29) is 10.2 Å². The molecule has 1 heterocycles. The van der Waals surface area contributed by atoms with Gasteiger partial charge in [0.25, 0.3) is 0 Å². The number of hydrogen-bond acceptors (Lipinski definition) is 2. The Bertz CT molecular complexity index is 992. The van der Waals surface area contributed by atoms with Crippen LogP contribution in [0.15, 0.2) is 30.3 Å². The van der Waals surface area contributed by atoms with Gasteiger partial charge in [0, 0.05) is 53.6 Å². The van der Waals surface area contributed by atoms with Crippen LogP contribution in [0.25, 0.3) is 0 Å². The van der Waals surface area contributed by atoms with Crippen LogP contribution in [0.4, 0.5) is 0 Å². The van der Waals surface area contributed by atoms with Crippen molar-refractivity contribution < 1.29 is 28.3 Å². The van der Waals surface area contributed by atoms with Crippen molar-refractivity contribution in [2.45, 2.75) is 19.3 Å². The highest BCUT2D eigenvalue weighted by Crippen LogP contribution is 2.59. The monoisotopic (exact) mass is 378 g/mol. The van der Waals surface area contributed by atoms with Gasteiger partial charge in [-0.3, -0.25) is 4.57 Å². The van der Waals surface area contributed by atoms with Crippen LogP contribution in [0.5, 0.6) is 0 Å². The van der Waals surface area contributed by atoms with Gasteiger partial charge in [-0.1, -0.05) is 30.3 Å². The molecule has 2 unspecified atom stereocenters. The van der Waals surface area contributed by atoms with Crippen LogP contribution >= 0.6 is 30.9 Å². The maximum Gasteiger partial charge on any atom is 0.346 e. The van der Waals surface area contributed by atoms with Gasteiger partial charge < -0.3 is 4.52 Å². The minimum absolute atomic E-state index is 0.0393. The number of nitrogens with zero attached hydrogens (tertiary/aromatic N) is 2. The Morgan fingerprint density at radius 3 is 2.64 bits per heavy atom. The van der Waals surface area contributed by atoms with E-state index < -0.39 is 62.5 Å². The van der Waals surface area contributed by atoms with Crippen LogP contribution in [0.1, 0.15) is 44.1 Å². The summed E-state index contributed by atoms with van der Waals surface area (Å²) in [6.45, 7) is -14.3. The van der Waals surface area contributed by atoms with E-state index in [2.05, 4.69) is 0 Å². The van der Waals surface area contributed by atoms with Crippen molar-refractivity contribution in [3.05, 3.63) is 35.9 Å². The predicted molar refractivity (Wildman–Crippen MR) is 92.8 cm³/mol. The fourth-order valence-electron chi connectivity index (χ4n) is 1.83. The first-order valence-electron chi connectivity index (χ1n) is 13.1. The molecule has 2 rings (SSSR count). The van der Waals surface area contributed by atoms with Crippen LogP contribution in [0.3, 0.4) is 0 Å². The summed E-state index contributed by atoms with van der Waals surface area (Å²) < 4.78 is 132. The Kier molecular flexibility index (Phi) is 2.77. The molecule has 1 aliphatic heterocycles. The molecular formula is C15H23Cl2N2O2P. The van der Waals surface area contributed by atoms with Gasteiger partial charge in [0.1, 0.15) is 0 Å². The minimum atomic E-state index is -6.04. The first kappa shape index (κ1) is 7.03. The second kappa shape index (κ2) is 8.68. The van der Waals surface area contributed by atoms with Crippen molar-refractivity contribution in [2.75, 3.05) is 37.7 Å². The molecule has 7 heteroatoms. The van der Waals surface area contributed by atoms with Gasteiger partial charge in [-0.15, -0.1) is 23.2 Å². The molecule has 0 N–H and O–H groups in total. The number of halogens is 2. The van der Waals surface area contributed by atoms with Gasteiger partial charge in [0.2, 0.25) is 0 Å². The molecule has 2 atom stereocenters. The summed E-state index contributed by atoms with van der Waals surface area (Å²) in [5.74, 6) is -7.33. The van der Waals surface area contributed by atoms with Crippen LogP contribution < -0.4 is 0 Å². The van der Waals surface area contributed by atoms with Crippen molar-refractivity contribution in [3.63, 3.8) is 0 Å². The van der Waals surface area contributed by atoms with Crippen molar-refractivity contribution >= 4 is 30.9 Å². The fraction of sp³-hybridized carbons (Fsp3) is 0.600. The predicted octanol–water partition coefficient (Wildman–Crippen LogP) is 4.36. The molecule has 1 aromatic rings. The number of rotatable bonds is 7. The molecule has 0 aromatic heterocycles. The largest absolute Gasteiger partial charge is 0.346 e. The molecule has 0 bridgehead atoms. The highest BCUT2D eigenvalue weighted by Gasteiger charge is 2.43. The van der Waals surface area contributed by atoms with Gasteiger partial charge in [-0.05, 0) is 18.9 Å². The van der Waals surface area contributed by atoms with E-state index in [9.17, 15) is 4.57 Å². The molecule has 1 aliphatic rings. The van der Waals surface area contributed by atoms with E-state index in [1.165, 1.54) is 24.3 Å². The maximum absolute atomic E-state index is 14.6. The topological polar surface area (TPSA) is 32.8 Å². The summed E-state index contributed by atoms with van der Waals surface area (Å²) in [5, 5.41) is 0. The normalized spacial score (nSPS) is 43.5. The zero-order valence-electron chi connectivity index (χ0n) is 25.4. The average Bonchev–Trinajstić information content (AvgIpc) is 2.64. The van der Waals surface area contributed by atoms with Crippen LogP contribution in [0, 0.1) is 0 Å². The molecule has 1 aromatic carbocycles. The van der Waals surface area contributed by atoms with E-state index in [0.29, 0.717) is 0 Å². The van der Waals surface area contributed by atoms with E-state index in [1.54, 1.807) is 6.07 Å². The van der Waals surface area contributed by atoms with Gasteiger partial charge >= 0.3 is 7.67 Å². The Labute approximate surface area is 162 Å². The Balaban J connectivity index is 3.07. The minimum Gasteiger partial charge on any atom is -0.306 e. The molecule has 0 amide bonds. The summed E-state index contributed by atoms with van der Waals surface area (Å²) in [6.07, 6.45) is -3.62. The summed E-state index contributed by atoms with van der Waals surface area (Å²) in [7, 11) is -6.04. The quantitative estimate of drug-likeness (QED) is 0.521. The lowest BCUT2D eigenvalue weighted by molar-refractivity contribution is 0.148. The molecular weight excluding hydrogens is 342 g/mol. The third-order valence-corrected chi connectivity index (χ3v) is 5.05. The third-order valence-electron chi connectivity index (χ3n) is 2.86. The highest BCUT2D eigenvalue weighted by atomic mass is 35.5. The first-order valence-corrected chi connectivity index (χ1v) is 8.34.